The van der Waals surface area contributed by atoms with Crippen LogP contribution in [-0.4, -0.2) is 46.5 Å². The van der Waals surface area contributed by atoms with Gasteiger partial charge in [0.2, 0.25) is 0 Å². The molecule has 0 spiro atoms. The van der Waals surface area contributed by atoms with Crippen molar-refractivity contribution in [3.05, 3.63) is 35.9 Å². The zero-order valence-corrected chi connectivity index (χ0v) is 9.27. The van der Waals surface area contributed by atoms with Crippen LogP contribution in [0.4, 0.5) is 0 Å². The first-order chi connectivity index (χ1) is 8.22. The third kappa shape index (κ3) is 2.83. The summed E-state index contributed by atoms with van der Waals surface area (Å²) in [7, 11) is 0. The van der Waals surface area contributed by atoms with Gasteiger partial charge >= 0.3 is 0 Å². The van der Waals surface area contributed by atoms with Gasteiger partial charge in [-0.1, -0.05) is 30.3 Å². The molecule has 17 heavy (non-hydrogen) atoms. The quantitative estimate of drug-likeness (QED) is 0.670. The number of ether oxygens (including phenoxy) is 2. The summed E-state index contributed by atoms with van der Waals surface area (Å²) < 4.78 is 10.5. The number of benzene rings is 1. The van der Waals surface area contributed by atoms with E-state index in [0.29, 0.717) is 0 Å². The summed E-state index contributed by atoms with van der Waals surface area (Å²) in [6.07, 6.45) is -3.93. The molecule has 1 saturated heterocycles. The molecule has 2 rings (SSSR count). The highest BCUT2D eigenvalue weighted by atomic mass is 16.7. The van der Waals surface area contributed by atoms with Crippen LogP contribution in [-0.2, 0) is 16.1 Å². The fourth-order valence-electron chi connectivity index (χ4n) is 1.76. The second-order valence-electron chi connectivity index (χ2n) is 4.00. The van der Waals surface area contributed by atoms with Gasteiger partial charge in [-0.25, -0.2) is 0 Å². The highest BCUT2D eigenvalue weighted by molar-refractivity contribution is 5.13. The Morgan fingerprint density at radius 2 is 1.82 bits per heavy atom. The summed E-state index contributed by atoms with van der Waals surface area (Å²) in [5.74, 6) is 0. The summed E-state index contributed by atoms with van der Waals surface area (Å²) in [6, 6.07) is 9.45. The van der Waals surface area contributed by atoms with Crippen LogP contribution < -0.4 is 0 Å². The predicted octanol–water partition coefficient (Wildman–Crippen LogP) is -0.358. The van der Waals surface area contributed by atoms with Gasteiger partial charge in [0.05, 0.1) is 13.2 Å². The molecule has 0 aliphatic carbocycles. The lowest BCUT2D eigenvalue weighted by Gasteiger charge is -2.15. The number of aliphatic hydroxyl groups excluding tert-OH is 3. The second kappa shape index (κ2) is 5.57. The average Bonchev–Trinajstić information content (AvgIpc) is 2.65. The van der Waals surface area contributed by atoms with Crippen molar-refractivity contribution < 1.29 is 24.8 Å². The van der Waals surface area contributed by atoms with E-state index in [0.717, 1.165) is 5.56 Å². The van der Waals surface area contributed by atoms with Crippen molar-refractivity contribution in [3.8, 4) is 0 Å². The molecule has 0 aromatic heterocycles. The number of hydrogen-bond acceptors (Lipinski definition) is 5. The monoisotopic (exact) mass is 240 g/mol. The first-order valence-electron chi connectivity index (χ1n) is 5.50. The predicted molar refractivity (Wildman–Crippen MR) is 59.0 cm³/mol. The first-order valence-corrected chi connectivity index (χ1v) is 5.50. The standard InChI is InChI=1S/C12H16O5/c13-6-9-10(14)11(15)12(17-9)16-7-8-4-2-1-3-5-8/h1-5,9-15H,6-7H2/t9-,10-,11-,12-/m1/s1. The van der Waals surface area contributed by atoms with E-state index in [1.54, 1.807) is 0 Å². The largest absolute Gasteiger partial charge is 0.394 e. The highest BCUT2D eigenvalue weighted by Crippen LogP contribution is 2.22. The van der Waals surface area contributed by atoms with Crippen molar-refractivity contribution in [1.29, 1.82) is 0 Å². The van der Waals surface area contributed by atoms with Crippen molar-refractivity contribution in [2.45, 2.75) is 31.2 Å². The van der Waals surface area contributed by atoms with E-state index in [9.17, 15) is 10.2 Å². The van der Waals surface area contributed by atoms with Crippen molar-refractivity contribution in [2.24, 2.45) is 0 Å². The lowest BCUT2D eigenvalue weighted by Crippen LogP contribution is -2.34. The third-order valence-corrected chi connectivity index (χ3v) is 2.76. The minimum Gasteiger partial charge on any atom is -0.394 e. The van der Waals surface area contributed by atoms with Crippen LogP contribution in [0.3, 0.4) is 0 Å². The SMILES string of the molecule is OC[C@H]1O[C@@H](OCc2ccccc2)[C@H](O)[C@@H]1O. The Morgan fingerprint density at radius 1 is 1.12 bits per heavy atom. The molecule has 5 nitrogen and oxygen atoms in total. The number of aliphatic hydroxyl groups is 3. The van der Waals surface area contributed by atoms with Crippen molar-refractivity contribution in [1.82, 2.24) is 0 Å². The van der Waals surface area contributed by atoms with Crippen molar-refractivity contribution in [3.63, 3.8) is 0 Å². The van der Waals surface area contributed by atoms with Gasteiger partial charge in [0.25, 0.3) is 0 Å². The van der Waals surface area contributed by atoms with Crippen molar-refractivity contribution >= 4 is 0 Å². The van der Waals surface area contributed by atoms with Gasteiger partial charge in [0.15, 0.2) is 6.29 Å². The van der Waals surface area contributed by atoms with Crippen molar-refractivity contribution in [2.75, 3.05) is 6.61 Å². The lowest BCUT2D eigenvalue weighted by atomic mass is 10.1. The van der Waals surface area contributed by atoms with E-state index in [-0.39, 0.29) is 13.2 Å². The van der Waals surface area contributed by atoms with Gasteiger partial charge in [-0.3, -0.25) is 0 Å². The average molecular weight is 240 g/mol. The molecular weight excluding hydrogens is 224 g/mol. The van der Waals surface area contributed by atoms with Crippen LogP contribution in [0, 0.1) is 0 Å². The van der Waals surface area contributed by atoms with Crippen LogP contribution in [0.25, 0.3) is 0 Å². The first kappa shape index (κ1) is 12.5. The molecule has 0 unspecified atom stereocenters. The molecule has 1 aliphatic heterocycles. The van der Waals surface area contributed by atoms with Crippen LogP contribution in [0.1, 0.15) is 5.56 Å². The summed E-state index contributed by atoms with van der Waals surface area (Å²) in [5.41, 5.74) is 0.949. The molecular formula is C12H16O5. The van der Waals surface area contributed by atoms with E-state index < -0.39 is 24.6 Å². The maximum absolute atomic E-state index is 9.63. The fraction of sp³-hybridized carbons (Fsp3) is 0.500. The van der Waals surface area contributed by atoms with E-state index in [1.165, 1.54) is 0 Å². The molecule has 3 N–H and O–H groups in total. The van der Waals surface area contributed by atoms with Gasteiger partial charge in [0.1, 0.15) is 18.3 Å². The maximum atomic E-state index is 9.63. The zero-order chi connectivity index (χ0) is 12.3. The molecule has 4 atom stereocenters. The van der Waals surface area contributed by atoms with Crippen LogP contribution >= 0.6 is 0 Å². The Hall–Kier alpha value is -0.980. The molecule has 1 aromatic rings. The van der Waals surface area contributed by atoms with Gasteiger partial charge < -0.3 is 24.8 Å². The van der Waals surface area contributed by atoms with E-state index >= 15 is 0 Å². The molecule has 94 valence electrons. The summed E-state index contributed by atoms with van der Waals surface area (Å²) in [4.78, 5) is 0. The van der Waals surface area contributed by atoms with Gasteiger partial charge in [-0.05, 0) is 5.56 Å². The lowest BCUT2D eigenvalue weighted by molar-refractivity contribution is -0.175. The van der Waals surface area contributed by atoms with Gasteiger partial charge in [0, 0.05) is 0 Å². The number of rotatable bonds is 4. The van der Waals surface area contributed by atoms with Gasteiger partial charge in [-0.15, -0.1) is 0 Å². The Labute approximate surface area is 99.2 Å². The number of hydrogen-bond donors (Lipinski definition) is 3. The maximum Gasteiger partial charge on any atom is 0.187 e. The Bertz CT molecular complexity index is 342. The smallest absolute Gasteiger partial charge is 0.187 e. The Morgan fingerprint density at radius 3 is 2.41 bits per heavy atom. The van der Waals surface area contributed by atoms with E-state index in [4.69, 9.17) is 14.6 Å². The molecule has 5 heteroatoms. The molecule has 1 heterocycles. The topological polar surface area (TPSA) is 79.2 Å². The highest BCUT2D eigenvalue weighted by Gasteiger charge is 2.42. The molecule has 0 saturated carbocycles. The fourth-order valence-corrected chi connectivity index (χ4v) is 1.76. The summed E-state index contributed by atoms with van der Waals surface area (Å²) in [5, 5.41) is 28.0. The van der Waals surface area contributed by atoms with Crippen LogP contribution in [0.5, 0.6) is 0 Å². The minimum atomic E-state index is -1.13. The molecule has 0 bridgehead atoms. The normalized spacial score (nSPS) is 32.9. The molecule has 1 fully saturated rings. The van der Waals surface area contributed by atoms with Crippen LogP contribution in [0.15, 0.2) is 30.3 Å². The third-order valence-electron chi connectivity index (χ3n) is 2.76. The van der Waals surface area contributed by atoms with E-state index in [1.807, 2.05) is 30.3 Å². The zero-order valence-electron chi connectivity index (χ0n) is 9.27. The summed E-state index contributed by atoms with van der Waals surface area (Å²) >= 11 is 0. The van der Waals surface area contributed by atoms with E-state index in [2.05, 4.69) is 0 Å². The molecule has 0 amide bonds. The Balaban J connectivity index is 1.88. The molecule has 1 aliphatic rings. The van der Waals surface area contributed by atoms with Gasteiger partial charge in [-0.2, -0.15) is 0 Å². The minimum absolute atomic E-state index is 0.285. The summed E-state index contributed by atoms with van der Waals surface area (Å²) in [6.45, 7) is -0.0587. The second-order valence-corrected chi connectivity index (χ2v) is 4.00. The molecule has 1 aromatic carbocycles. The molecule has 0 radical (unpaired) electrons. The Kier molecular flexibility index (Phi) is 4.09. The van der Waals surface area contributed by atoms with Crippen LogP contribution in [0.2, 0.25) is 0 Å².